The van der Waals surface area contributed by atoms with Crippen LogP contribution in [-0.4, -0.2) is 31.9 Å². The molecule has 158 valence electrons. The van der Waals surface area contributed by atoms with E-state index in [0.717, 1.165) is 43.7 Å². The molecule has 28 heavy (non-hydrogen) atoms. The van der Waals surface area contributed by atoms with Gasteiger partial charge in [0.1, 0.15) is 5.75 Å². The fourth-order valence-corrected chi connectivity index (χ4v) is 5.02. The third-order valence-corrected chi connectivity index (χ3v) is 8.28. The average molecular weight is 409 g/mol. The topological polar surface area (TPSA) is 67.4 Å². The summed E-state index contributed by atoms with van der Waals surface area (Å²) in [5.74, 6) is 1.55. The van der Waals surface area contributed by atoms with E-state index in [0.29, 0.717) is 12.0 Å². The van der Waals surface area contributed by atoms with Crippen molar-refractivity contribution in [3.8, 4) is 5.75 Å². The van der Waals surface area contributed by atoms with E-state index in [9.17, 15) is 8.42 Å². The molecular weight excluding hydrogens is 372 g/mol. The van der Waals surface area contributed by atoms with Crippen molar-refractivity contribution in [3.05, 3.63) is 24.3 Å². The van der Waals surface area contributed by atoms with Crippen LogP contribution in [0.1, 0.15) is 72.1 Å². The number of rotatable bonds is 7. The number of sulfonamides is 1. The minimum atomic E-state index is -3.26. The molecule has 0 aromatic heterocycles. The first-order valence-corrected chi connectivity index (χ1v) is 12.2. The largest absolute Gasteiger partial charge is 0.490 e. The predicted molar refractivity (Wildman–Crippen MR) is 115 cm³/mol. The first kappa shape index (κ1) is 21.4. The molecule has 2 saturated carbocycles. The van der Waals surface area contributed by atoms with Crippen LogP contribution in [0, 0.1) is 5.92 Å². The maximum Gasteiger partial charge on any atom is 0.216 e. The average Bonchev–Trinajstić information content (AvgIpc) is 3.14. The second kappa shape index (κ2) is 9.04. The lowest BCUT2D eigenvalue weighted by Gasteiger charge is -2.31. The minimum absolute atomic E-state index is 0.0764. The molecule has 6 heteroatoms. The zero-order valence-corrected chi connectivity index (χ0v) is 18.4. The number of ether oxygens (including phenoxy) is 1. The highest BCUT2D eigenvalue weighted by atomic mass is 32.2. The van der Waals surface area contributed by atoms with Crippen molar-refractivity contribution >= 4 is 15.7 Å². The van der Waals surface area contributed by atoms with Crippen molar-refractivity contribution in [2.24, 2.45) is 5.92 Å². The Balaban J connectivity index is 1.39. The third kappa shape index (κ3) is 5.86. The molecule has 1 aromatic rings. The molecule has 0 spiro atoms. The van der Waals surface area contributed by atoms with Gasteiger partial charge in [-0.15, -0.1) is 0 Å². The molecule has 2 N–H and O–H groups in total. The van der Waals surface area contributed by atoms with Gasteiger partial charge in [0.05, 0.1) is 10.9 Å². The van der Waals surface area contributed by atoms with Crippen molar-refractivity contribution in [3.63, 3.8) is 0 Å². The van der Waals surface area contributed by atoms with Crippen LogP contribution in [0.4, 0.5) is 5.69 Å². The van der Waals surface area contributed by atoms with Crippen LogP contribution < -0.4 is 14.8 Å². The van der Waals surface area contributed by atoms with Crippen LogP contribution in [-0.2, 0) is 10.0 Å². The fourth-order valence-electron chi connectivity index (χ4n) is 3.99. The molecule has 5 nitrogen and oxygen atoms in total. The van der Waals surface area contributed by atoms with Gasteiger partial charge in [-0.3, -0.25) is 0 Å². The van der Waals surface area contributed by atoms with Crippen LogP contribution in [0.15, 0.2) is 24.3 Å². The molecule has 0 saturated heterocycles. The second-order valence-corrected chi connectivity index (χ2v) is 11.8. The molecule has 0 aliphatic heterocycles. The van der Waals surface area contributed by atoms with Crippen LogP contribution in [0.25, 0.3) is 0 Å². The van der Waals surface area contributed by atoms with Crippen LogP contribution >= 0.6 is 0 Å². The minimum Gasteiger partial charge on any atom is -0.490 e. The maximum absolute atomic E-state index is 12.3. The summed E-state index contributed by atoms with van der Waals surface area (Å²) in [7, 11) is -3.26. The summed E-state index contributed by atoms with van der Waals surface area (Å²) < 4.78 is 32.8. The quantitative estimate of drug-likeness (QED) is 0.686. The number of anilines is 1. The van der Waals surface area contributed by atoms with Gasteiger partial charge in [-0.25, -0.2) is 13.1 Å². The number of hydrogen-bond acceptors (Lipinski definition) is 4. The Labute approximate surface area is 170 Å². The van der Waals surface area contributed by atoms with Crippen molar-refractivity contribution < 1.29 is 13.2 Å². The summed E-state index contributed by atoms with van der Waals surface area (Å²) >= 11 is 0. The Bertz CT molecular complexity index is 711. The first-order valence-electron chi connectivity index (χ1n) is 10.8. The second-order valence-electron chi connectivity index (χ2n) is 9.38. The predicted octanol–water partition coefficient (Wildman–Crippen LogP) is 4.70. The maximum atomic E-state index is 12.3. The summed E-state index contributed by atoms with van der Waals surface area (Å²) in [6.07, 6.45) is 9.23. The Hall–Kier alpha value is -1.27. The molecule has 0 bridgehead atoms. The third-order valence-electron chi connectivity index (χ3n) is 6.03. The Morgan fingerprint density at radius 2 is 1.57 bits per heavy atom. The number of nitrogens with one attached hydrogen (secondary N) is 2. The van der Waals surface area contributed by atoms with Gasteiger partial charge in [-0.05, 0) is 102 Å². The molecule has 3 rings (SSSR count). The van der Waals surface area contributed by atoms with E-state index in [-0.39, 0.29) is 6.04 Å². The summed E-state index contributed by atoms with van der Waals surface area (Å²) in [4.78, 5) is 0. The molecule has 0 radical (unpaired) electrons. The molecule has 1 aromatic carbocycles. The van der Waals surface area contributed by atoms with Crippen LogP contribution in [0.5, 0.6) is 5.75 Å². The van der Waals surface area contributed by atoms with Crippen LogP contribution in [0.2, 0.25) is 0 Å². The van der Waals surface area contributed by atoms with Gasteiger partial charge in [0.25, 0.3) is 0 Å². The zero-order chi connectivity index (χ0) is 20.2. The van der Waals surface area contributed by atoms with E-state index in [1.54, 1.807) is 20.8 Å². The SMILES string of the molecule is CC(C)(C)S(=O)(=O)NC1CCC(CNc2ccc(OC3CCCC3)cc2)CC1. The van der Waals surface area contributed by atoms with Crippen molar-refractivity contribution in [2.45, 2.75) is 89.0 Å². The fraction of sp³-hybridized carbons (Fsp3) is 0.727. The van der Waals surface area contributed by atoms with Crippen molar-refractivity contribution in [1.82, 2.24) is 4.72 Å². The monoisotopic (exact) mass is 408 g/mol. The van der Waals surface area contributed by atoms with E-state index in [4.69, 9.17) is 4.74 Å². The van der Waals surface area contributed by atoms with Gasteiger partial charge >= 0.3 is 0 Å². The normalized spacial score (nSPS) is 24.2. The van der Waals surface area contributed by atoms with Gasteiger partial charge in [0.2, 0.25) is 10.0 Å². The standard InChI is InChI=1S/C22H36N2O3S/c1-22(2,3)28(25,26)24-19-10-8-17(9-11-19)16-23-18-12-14-21(15-13-18)27-20-6-4-5-7-20/h12-15,17,19-20,23-24H,4-11,16H2,1-3H3. The van der Waals surface area contributed by atoms with Crippen molar-refractivity contribution in [2.75, 3.05) is 11.9 Å². The molecule has 0 atom stereocenters. The van der Waals surface area contributed by atoms with E-state index in [1.807, 2.05) is 0 Å². The Morgan fingerprint density at radius 3 is 2.14 bits per heavy atom. The van der Waals surface area contributed by atoms with E-state index in [2.05, 4.69) is 34.3 Å². The Morgan fingerprint density at radius 1 is 0.964 bits per heavy atom. The summed E-state index contributed by atoms with van der Waals surface area (Å²) in [5.41, 5.74) is 1.12. The van der Waals surface area contributed by atoms with Gasteiger partial charge in [0, 0.05) is 18.3 Å². The number of hydrogen-bond donors (Lipinski definition) is 2. The van der Waals surface area contributed by atoms with E-state index >= 15 is 0 Å². The van der Waals surface area contributed by atoms with Gasteiger partial charge in [0.15, 0.2) is 0 Å². The summed E-state index contributed by atoms with van der Waals surface area (Å²) in [6, 6.07) is 8.37. The van der Waals surface area contributed by atoms with E-state index in [1.165, 1.54) is 25.7 Å². The summed E-state index contributed by atoms with van der Waals surface area (Å²) in [6.45, 7) is 6.17. The highest BCUT2D eigenvalue weighted by molar-refractivity contribution is 7.90. The van der Waals surface area contributed by atoms with Gasteiger partial charge in [-0.2, -0.15) is 0 Å². The molecule has 0 heterocycles. The molecule has 2 fully saturated rings. The molecule has 2 aliphatic carbocycles. The lowest BCUT2D eigenvalue weighted by atomic mass is 9.86. The summed E-state index contributed by atoms with van der Waals surface area (Å²) in [5, 5.41) is 3.53. The highest BCUT2D eigenvalue weighted by Gasteiger charge is 2.32. The lowest BCUT2D eigenvalue weighted by molar-refractivity contribution is 0.210. The molecular formula is C22H36N2O3S. The van der Waals surface area contributed by atoms with Gasteiger partial charge in [-0.1, -0.05) is 0 Å². The smallest absolute Gasteiger partial charge is 0.216 e. The van der Waals surface area contributed by atoms with Gasteiger partial charge < -0.3 is 10.1 Å². The lowest BCUT2D eigenvalue weighted by Crippen LogP contribution is -2.46. The first-order chi connectivity index (χ1) is 13.2. The highest BCUT2D eigenvalue weighted by Crippen LogP contribution is 2.28. The van der Waals surface area contributed by atoms with Crippen molar-refractivity contribution in [1.29, 1.82) is 0 Å². The number of benzene rings is 1. The molecule has 0 amide bonds. The molecule has 0 unspecified atom stereocenters. The molecule has 2 aliphatic rings. The van der Waals surface area contributed by atoms with Crippen LogP contribution in [0.3, 0.4) is 0 Å². The Kier molecular flexibility index (Phi) is 6.92. The van der Waals surface area contributed by atoms with E-state index < -0.39 is 14.8 Å². The zero-order valence-electron chi connectivity index (χ0n) is 17.5.